The number of fused-ring (bicyclic) bond motifs is 1. The highest BCUT2D eigenvalue weighted by atomic mass is 127. The third-order valence-corrected chi connectivity index (χ3v) is 3.23. The van der Waals surface area contributed by atoms with Crippen LogP contribution in [0.15, 0.2) is 24.4 Å². The summed E-state index contributed by atoms with van der Waals surface area (Å²) in [5.41, 5.74) is 7.21. The van der Waals surface area contributed by atoms with Gasteiger partial charge in [0.25, 0.3) is 0 Å². The average molecular weight is 344 g/mol. The van der Waals surface area contributed by atoms with Crippen LogP contribution in [0.2, 0.25) is 0 Å². The summed E-state index contributed by atoms with van der Waals surface area (Å²) in [6.45, 7) is 1.83. The lowest BCUT2D eigenvalue weighted by atomic mass is 10.1. The Kier molecular flexibility index (Phi) is 3.56. The second-order valence-corrected chi connectivity index (χ2v) is 5.20. The molecule has 1 aromatic carbocycles. The highest BCUT2D eigenvalue weighted by Crippen LogP contribution is 2.22. The monoisotopic (exact) mass is 344 g/mol. The van der Waals surface area contributed by atoms with E-state index in [4.69, 9.17) is 10.5 Å². The van der Waals surface area contributed by atoms with Gasteiger partial charge in [-0.2, -0.15) is 0 Å². The Morgan fingerprint density at radius 3 is 3.06 bits per heavy atom. The van der Waals surface area contributed by atoms with Crippen molar-refractivity contribution in [1.82, 2.24) is 4.98 Å². The van der Waals surface area contributed by atoms with Crippen molar-refractivity contribution >= 4 is 39.6 Å². The predicted octanol–water partition coefficient (Wildman–Crippen LogP) is 2.80. The minimum Gasteiger partial charge on any atom is -0.446 e. The number of nitrogens with two attached hydrogens (primary N) is 1. The maximum Gasteiger partial charge on any atom is 0.404 e. The van der Waals surface area contributed by atoms with Gasteiger partial charge in [0.2, 0.25) is 0 Å². The second kappa shape index (κ2) is 4.95. The molecule has 0 saturated heterocycles. The summed E-state index contributed by atoms with van der Waals surface area (Å²) in [7, 11) is 0. The number of hydrogen-bond donors (Lipinski definition) is 2. The van der Waals surface area contributed by atoms with E-state index in [-0.39, 0.29) is 6.10 Å². The van der Waals surface area contributed by atoms with Crippen LogP contribution < -0.4 is 5.73 Å². The van der Waals surface area contributed by atoms with E-state index in [2.05, 4.69) is 45.8 Å². The van der Waals surface area contributed by atoms with Crippen molar-refractivity contribution in [2.75, 3.05) is 0 Å². The minimum atomic E-state index is -0.730. The normalized spacial score (nSPS) is 12.6. The van der Waals surface area contributed by atoms with Crippen molar-refractivity contribution < 1.29 is 9.53 Å². The topological polar surface area (TPSA) is 68.1 Å². The number of benzene rings is 1. The number of carbonyl (C=O) groups excluding carboxylic acids is 1. The Morgan fingerprint density at radius 1 is 1.59 bits per heavy atom. The highest BCUT2D eigenvalue weighted by Gasteiger charge is 2.11. The van der Waals surface area contributed by atoms with Gasteiger partial charge < -0.3 is 15.5 Å². The van der Waals surface area contributed by atoms with Crippen LogP contribution in [-0.2, 0) is 11.2 Å². The molecule has 90 valence electrons. The molecule has 2 aromatic rings. The van der Waals surface area contributed by atoms with Gasteiger partial charge in [-0.1, -0.05) is 6.07 Å². The first-order chi connectivity index (χ1) is 8.06. The zero-order chi connectivity index (χ0) is 12.4. The number of carbonyl (C=O) groups is 1. The molecule has 0 spiro atoms. The zero-order valence-electron chi connectivity index (χ0n) is 9.37. The molecule has 1 aromatic heterocycles. The van der Waals surface area contributed by atoms with Gasteiger partial charge in [-0.05, 0) is 47.2 Å². The molecule has 0 bridgehead atoms. The smallest absolute Gasteiger partial charge is 0.404 e. The lowest BCUT2D eigenvalue weighted by Crippen LogP contribution is -2.21. The van der Waals surface area contributed by atoms with Crippen molar-refractivity contribution in [2.24, 2.45) is 5.73 Å². The first-order valence-corrected chi connectivity index (χ1v) is 6.35. The Morgan fingerprint density at radius 2 is 2.35 bits per heavy atom. The molecule has 0 saturated carbocycles. The van der Waals surface area contributed by atoms with E-state index < -0.39 is 6.09 Å². The molecule has 0 aliphatic rings. The molecule has 0 aliphatic carbocycles. The molecular formula is C12H13IN2O2. The van der Waals surface area contributed by atoms with Gasteiger partial charge in [-0.15, -0.1) is 0 Å². The summed E-state index contributed by atoms with van der Waals surface area (Å²) < 4.78 is 6.10. The zero-order valence-corrected chi connectivity index (χ0v) is 11.5. The fourth-order valence-corrected chi connectivity index (χ4v) is 2.37. The molecule has 2 rings (SSSR count). The van der Waals surface area contributed by atoms with Crippen LogP contribution in [0.5, 0.6) is 0 Å². The fourth-order valence-electron chi connectivity index (χ4n) is 1.88. The quantitative estimate of drug-likeness (QED) is 0.841. The Balaban J connectivity index is 2.22. The van der Waals surface area contributed by atoms with Crippen LogP contribution in [0.4, 0.5) is 4.79 Å². The minimum absolute atomic E-state index is 0.217. The molecule has 1 unspecified atom stereocenters. The van der Waals surface area contributed by atoms with E-state index in [1.807, 2.05) is 13.1 Å². The third-order valence-electron chi connectivity index (χ3n) is 2.55. The van der Waals surface area contributed by atoms with Crippen LogP contribution in [-0.4, -0.2) is 17.2 Å². The van der Waals surface area contributed by atoms with E-state index >= 15 is 0 Å². The molecule has 5 heteroatoms. The van der Waals surface area contributed by atoms with Crippen molar-refractivity contribution in [3.05, 3.63) is 33.5 Å². The van der Waals surface area contributed by atoms with E-state index in [0.717, 1.165) is 16.5 Å². The van der Waals surface area contributed by atoms with E-state index in [1.54, 1.807) is 0 Å². The standard InChI is InChI=1S/C12H13IN2O2/c1-7(17-12(14)16)4-8-6-15-11-5-9(13)2-3-10(8)11/h2-3,5-7,15H,4H2,1H3,(H2,14,16). The number of halogens is 1. The van der Waals surface area contributed by atoms with E-state index in [1.165, 1.54) is 3.57 Å². The number of ether oxygens (including phenoxy) is 1. The Hall–Kier alpha value is -1.24. The first kappa shape index (κ1) is 12.2. The molecule has 1 amide bonds. The number of amides is 1. The lowest BCUT2D eigenvalue weighted by molar-refractivity contribution is 0.116. The highest BCUT2D eigenvalue weighted by molar-refractivity contribution is 14.1. The van der Waals surface area contributed by atoms with Crippen molar-refractivity contribution in [1.29, 1.82) is 0 Å². The summed E-state index contributed by atoms with van der Waals surface area (Å²) in [6, 6.07) is 6.21. The van der Waals surface area contributed by atoms with Gasteiger partial charge in [-0.3, -0.25) is 0 Å². The van der Waals surface area contributed by atoms with Gasteiger partial charge in [0.15, 0.2) is 0 Å². The van der Waals surface area contributed by atoms with Crippen molar-refractivity contribution in [3.8, 4) is 0 Å². The van der Waals surface area contributed by atoms with Gasteiger partial charge in [0, 0.05) is 27.1 Å². The SMILES string of the molecule is CC(Cc1c[nH]c2cc(I)ccc12)OC(N)=O. The molecule has 17 heavy (non-hydrogen) atoms. The van der Waals surface area contributed by atoms with Gasteiger partial charge in [0.1, 0.15) is 6.10 Å². The summed E-state index contributed by atoms with van der Waals surface area (Å²) >= 11 is 2.27. The number of aromatic amines is 1. The van der Waals surface area contributed by atoms with Crippen LogP contribution in [0.25, 0.3) is 10.9 Å². The summed E-state index contributed by atoms with van der Waals surface area (Å²) in [5, 5.41) is 1.16. The number of hydrogen-bond acceptors (Lipinski definition) is 2. The third kappa shape index (κ3) is 2.91. The number of rotatable bonds is 3. The molecule has 0 fully saturated rings. The van der Waals surface area contributed by atoms with E-state index in [9.17, 15) is 4.79 Å². The summed E-state index contributed by atoms with van der Waals surface area (Å²) in [4.78, 5) is 13.8. The average Bonchev–Trinajstić information content (AvgIpc) is 2.59. The van der Waals surface area contributed by atoms with Crippen LogP contribution >= 0.6 is 22.6 Å². The Labute approximate surface area is 113 Å². The molecule has 0 radical (unpaired) electrons. The van der Waals surface area contributed by atoms with Gasteiger partial charge in [0.05, 0.1) is 0 Å². The van der Waals surface area contributed by atoms with Gasteiger partial charge in [-0.25, -0.2) is 4.79 Å². The fraction of sp³-hybridized carbons (Fsp3) is 0.250. The van der Waals surface area contributed by atoms with Crippen molar-refractivity contribution in [3.63, 3.8) is 0 Å². The van der Waals surface area contributed by atoms with Crippen LogP contribution in [0.1, 0.15) is 12.5 Å². The number of H-pyrrole nitrogens is 1. The largest absolute Gasteiger partial charge is 0.446 e. The lowest BCUT2D eigenvalue weighted by Gasteiger charge is -2.10. The molecule has 1 heterocycles. The van der Waals surface area contributed by atoms with E-state index in [0.29, 0.717) is 6.42 Å². The molecular weight excluding hydrogens is 331 g/mol. The van der Waals surface area contributed by atoms with Crippen LogP contribution in [0, 0.1) is 3.57 Å². The molecule has 4 nitrogen and oxygen atoms in total. The number of aromatic nitrogens is 1. The molecule has 1 atom stereocenters. The predicted molar refractivity (Wildman–Crippen MR) is 74.9 cm³/mol. The second-order valence-electron chi connectivity index (χ2n) is 3.96. The summed E-state index contributed by atoms with van der Waals surface area (Å²) in [5.74, 6) is 0. The maximum absolute atomic E-state index is 10.6. The molecule has 0 aliphatic heterocycles. The molecule has 3 N–H and O–H groups in total. The number of primary amides is 1. The maximum atomic E-state index is 10.6. The first-order valence-electron chi connectivity index (χ1n) is 5.28. The van der Waals surface area contributed by atoms with Crippen molar-refractivity contribution in [2.45, 2.75) is 19.4 Å². The Bertz CT molecular complexity index is 550. The summed E-state index contributed by atoms with van der Waals surface area (Å²) in [6.07, 6.45) is 1.66. The van der Waals surface area contributed by atoms with Crippen LogP contribution in [0.3, 0.4) is 0 Å². The van der Waals surface area contributed by atoms with Gasteiger partial charge >= 0.3 is 6.09 Å². The number of nitrogens with one attached hydrogen (secondary N) is 1.